The van der Waals surface area contributed by atoms with E-state index in [9.17, 15) is 14.7 Å². The second-order valence-corrected chi connectivity index (χ2v) is 20.0. The minimum Gasteiger partial charge on any atom is -0.396 e. The number of imidazole rings is 2. The van der Waals surface area contributed by atoms with Gasteiger partial charge in [-0.25, -0.2) is 14.2 Å². The smallest absolute Gasteiger partial charge is 0.253 e. The summed E-state index contributed by atoms with van der Waals surface area (Å²) < 4.78 is 15.3. The van der Waals surface area contributed by atoms with Crippen LogP contribution in [0.4, 0.5) is 0 Å². The van der Waals surface area contributed by atoms with Crippen LogP contribution in [-0.2, 0) is 22.1 Å². The summed E-state index contributed by atoms with van der Waals surface area (Å²) in [5.74, 6) is 3.09. The zero-order valence-corrected chi connectivity index (χ0v) is 43.4. The highest BCUT2D eigenvalue weighted by Crippen LogP contribution is 2.33. The van der Waals surface area contributed by atoms with Gasteiger partial charge in [-0.15, -0.1) is 11.6 Å². The van der Waals surface area contributed by atoms with Crippen molar-refractivity contribution >= 4 is 54.0 Å². The number of piperidine rings is 2. The lowest BCUT2D eigenvalue weighted by Gasteiger charge is -2.32. The number of nitrogens with zero attached hydrogens (tertiary/aromatic N) is 6. The van der Waals surface area contributed by atoms with E-state index in [0.29, 0.717) is 59.7 Å². The van der Waals surface area contributed by atoms with E-state index in [1.807, 2.05) is 122 Å². The molecular formula is C54H61Cl3N8O4S. The number of hydrogen-bond acceptors (Lipinski definition) is 8. The van der Waals surface area contributed by atoms with E-state index in [-0.39, 0.29) is 18.4 Å². The molecule has 70 heavy (non-hydrogen) atoms. The first-order chi connectivity index (χ1) is 34.1. The van der Waals surface area contributed by atoms with Crippen LogP contribution >= 0.6 is 33.0 Å². The molecule has 0 atom stereocenters. The summed E-state index contributed by atoms with van der Waals surface area (Å²) in [6.07, 6.45) is 4.85. The zero-order valence-electron chi connectivity index (χ0n) is 41.3. The summed E-state index contributed by atoms with van der Waals surface area (Å²) in [6.45, 7) is 13.3. The number of nitrogens with one attached hydrogen (secondary N) is 2. The van der Waals surface area contributed by atoms with Gasteiger partial charge < -0.3 is 24.9 Å². The molecule has 2 fully saturated rings. The Labute approximate surface area is 429 Å². The van der Waals surface area contributed by atoms with Gasteiger partial charge in [-0.2, -0.15) is 10.5 Å². The minimum atomic E-state index is -1.67. The van der Waals surface area contributed by atoms with Gasteiger partial charge in [0.1, 0.15) is 11.6 Å². The standard InChI is InChI=1S/C26H27ClN4O.C26H28N4O2.C2H6.Cl2OS/c1-17-3-6-22(15-23(17)25-18(2)29-24(30-25)9-12-27)26(32)31-13-10-21(11-14-31)20-7-4-19(16-28)5-8-20;1-17-3-6-22(15-23(17)25-18(2)28-24(29-25)11-14-31)26(32)30-12-9-21(10-13-30)20-7-4-19(16-27)5-8-20;1-2;1-4(2)3/h3-8,15,21H,9-14H2,1-2H3,(H,29,30);3-8,15,21,31H,9-14H2,1-2H3,(H,28,29);1-2H3;/i;;1D;. The molecule has 0 unspecified atom stereocenters. The molecular weight excluding hydrogens is 963 g/mol. The molecule has 0 spiro atoms. The lowest BCUT2D eigenvalue weighted by Crippen LogP contribution is -2.37. The van der Waals surface area contributed by atoms with Gasteiger partial charge in [-0.1, -0.05) is 50.2 Å². The number of alkyl halides is 1. The maximum atomic E-state index is 13.3. The van der Waals surface area contributed by atoms with Crippen molar-refractivity contribution in [1.82, 2.24) is 29.7 Å². The SMILES string of the molecule is Cc1ccc(C(=O)N2CCC(c3ccc(C#N)cc3)CC2)cc1-c1nc(CCCl)[nH]c1C.Cc1ccc(C(=O)N2CCC(c3ccc(C#N)cc3)CC2)cc1-c1nc(CCO)[nH]c1C.O=S(Cl)Cl.[2H]CC. The highest BCUT2D eigenvalue weighted by molar-refractivity contribution is 8.26. The second-order valence-electron chi connectivity index (χ2n) is 17.1. The molecule has 4 heterocycles. The Bertz CT molecular complexity index is 2640. The van der Waals surface area contributed by atoms with Gasteiger partial charge >= 0.3 is 0 Å². The molecule has 2 aliphatic rings. The first-order valence-corrected chi connectivity index (χ1v) is 26.6. The van der Waals surface area contributed by atoms with Gasteiger partial charge in [0.25, 0.3) is 11.8 Å². The van der Waals surface area contributed by atoms with E-state index >= 15 is 0 Å². The number of carbonyl (C=O) groups excluding carboxylic acids is 2. The van der Waals surface area contributed by atoms with Gasteiger partial charge in [0, 0.05) is 101 Å². The summed E-state index contributed by atoms with van der Waals surface area (Å²) in [6, 6.07) is 31.6. The highest BCUT2D eigenvalue weighted by atomic mass is 36.0. The maximum absolute atomic E-state index is 13.3. The Morgan fingerprint density at radius 1 is 0.700 bits per heavy atom. The van der Waals surface area contributed by atoms with E-state index in [0.717, 1.165) is 109 Å². The molecule has 0 saturated carbocycles. The quantitative estimate of drug-likeness (QED) is 0.0894. The summed E-state index contributed by atoms with van der Waals surface area (Å²) in [5.41, 5.74) is 12.9. The van der Waals surface area contributed by atoms with Gasteiger partial charge in [0.15, 0.2) is 0 Å². The number of aromatic amines is 2. The van der Waals surface area contributed by atoms with Crippen LogP contribution in [0.2, 0.25) is 0 Å². The third-order valence-corrected chi connectivity index (χ3v) is 12.8. The van der Waals surface area contributed by atoms with Crippen LogP contribution in [-0.4, -0.2) is 89.5 Å². The number of hydrogen-bond donors (Lipinski definition) is 3. The van der Waals surface area contributed by atoms with Crippen LogP contribution in [0.5, 0.6) is 0 Å². The third kappa shape index (κ3) is 14.6. The molecule has 3 N–H and O–H groups in total. The Balaban J connectivity index is 0.000000234. The average Bonchev–Trinajstić information content (AvgIpc) is 3.94. The van der Waals surface area contributed by atoms with E-state index in [1.165, 1.54) is 11.1 Å². The Hall–Kier alpha value is -5.80. The van der Waals surface area contributed by atoms with Crippen LogP contribution in [0.1, 0.15) is 130 Å². The molecule has 6 aromatic rings. The molecule has 2 aromatic heterocycles. The van der Waals surface area contributed by atoms with E-state index < -0.39 is 9.23 Å². The predicted molar refractivity (Wildman–Crippen MR) is 281 cm³/mol. The number of aromatic nitrogens is 4. The van der Waals surface area contributed by atoms with E-state index in [1.54, 1.807) is 6.92 Å². The fraction of sp³-hybridized carbons (Fsp3) is 0.370. The molecule has 368 valence electrons. The molecule has 0 bridgehead atoms. The fourth-order valence-corrected chi connectivity index (χ4v) is 9.06. The van der Waals surface area contributed by atoms with E-state index in [2.05, 4.69) is 48.5 Å². The Morgan fingerprint density at radius 3 is 1.39 bits per heavy atom. The van der Waals surface area contributed by atoms with Gasteiger partial charge in [0.2, 0.25) is 9.23 Å². The maximum Gasteiger partial charge on any atom is 0.253 e. The summed E-state index contributed by atoms with van der Waals surface area (Å²) in [4.78, 5) is 46.3. The number of aryl methyl sites for hydroxylation is 5. The van der Waals surface area contributed by atoms with Crippen molar-refractivity contribution < 1.29 is 20.3 Å². The zero-order chi connectivity index (χ0) is 51.6. The van der Waals surface area contributed by atoms with Crippen LogP contribution < -0.4 is 0 Å². The summed E-state index contributed by atoms with van der Waals surface area (Å²) in [7, 11) is 7.36. The third-order valence-electron chi connectivity index (χ3n) is 12.6. The number of aliphatic hydroxyl groups excluding tert-OH is 1. The number of amides is 2. The van der Waals surface area contributed by atoms with Gasteiger partial charge in [-0.3, -0.25) is 9.59 Å². The lowest BCUT2D eigenvalue weighted by molar-refractivity contribution is 0.0705. The molecule has 2 amide bonds. The minimum absolute atomic E-state index is 0.0440. The molecule has 4 aromatic carbocycles. The van der Waals surface area contributed by atoms with Crippen LogP contribution in [0.3, 0.4) is 0 Å². The number of carbonyl (C=O) groups is 2. The van der Waals surface area contributed by atoms with Gasteiger partial charge in [0.05, 0.1) is 41.3 Å². The fourth-order valence-electron chi connectivity index (χ4n) is 8.88. The largest absolute Gasteiger partial charge is 0.396 e. The number of likely N-dealkylation sites (tertiary alicyclic amines) is 2. The highest BCUT2D eigenvalue weighted by Gasteiger charge is 2.27. The predicted octanol–water partition coefficient (Wildman–Crippen LogP) is 11.6. The number of H-pyrrole nitrogens is 2. The lowest BCUT2D eigenvalue weighted by atomic mass is 9.88. The van der Waals surface area contributed by atoms with E-state index in [4.69, 9.17) is 32.7 Å². The second kappa shape index (κ2) is 27.0. The summed E-state index contributed by atoms with van der Waals surface area (Å²) >= 11 is 5.87. The first kappa shape index (κ1) is 53.5. The molecule has 16 heteroatoms. The van der Waals surface area contributed by atoms with Crippen molar-refractivity contribution in [1.29, 1.82) is 10.5 Å². The van der Waals surface area contributed by atoms with Crippen molar-refractivity contribution in [2.24, 2.45) is 0 Å². The van der Waals surface area contributed by atoms with Gasteiger partial charge in [-0.05, 0) is 136 Å². The monoisotopic (exact) mass is 1020 g/mol. The topological polar surface area (TPSA) is 183 Å². The number of aliphatic hydroxyl groups is 1. The van der Waals surface area contributed by atoms with Crippen molar-refractivity contribution in [3.8, 4) is 34.7 Å². The molecule has 2 saturated heterocycles. The summed E-state index contributed by atoms with van der Waals surface area (Å²) in [5, 5.41) is 27.2. The normalized spacial score (nSPS) is 13.9. The first-order valence-electron chi connectivity index (χ1n) is 24.0. The number of benzene rings is 4. The van der Waals surface area contributed by atoms with Crippen LogP contribution in [0.25, 0.3) is 22.5 Å². The van der Waals surface area contributed by atoms with Crippen molar-refractivity contribution in [2.45, 2.75) is 91.9 Å². The molecule has 2 aliphatic heterocycles. The molecule has 12 nitrogen and oxygen atoms in total. The average molecular weight is 1030 g/mol. The van der Waals surface area contributed by atoms with Crippen molar-refractivity contribution in [3.05, 3.63) is 152 Å². The van der Waals surface area contributed by atoms with Crippen LogP contribution in [0.15, 0.2) is 84.9 Å². The number of nitriles is 2. The Kier molecular flexibility index (Phi) is 20.6. The van der Waals surface area contributed by atoms with Crippen LogP contribution in [0, 0.1) is 50.4 Å². The number of halogens is 3. The number of rotatable bonds is 10. The van der Waals surface area contributed by atoms with Crippen molar-refractivity contribution in [3.63, 3.8) is 0 Å². The van der Waals surface area contributed by atoms with Crippen molar-refractivity contribution in [2.75, 3.05) is 38.7 Å². The molecule has 0 aliphatic carbocycles. The Morgan fingerprint density at radius 2 is 1.06 bits per heavy atom. The molecule has 0 radical (unpaired) electrons. The molecule has 8 rings (SSSR count).